The van der Waals surface area contributed by atoms with Crippen molar-refractivity contribution in [2.75, 3.05) is 29.2 Å². The standard InChI is InChI=1S/C13H19ClN2O3S/c14-9-3-4-12(11(15)6-9)16-13(19)2-1-5-20-8-10(18)7-17/h3-4,6,10,17-18H,1-2,5,7-8,15H2,(H,16,19). The molecule has 0 aliphatic heterocycles. The van der Waals surface area contributed by atoms with Crippen molar-refractivity contribution in [3.63, 3.8) is 0 Å². The number of amides is 1. The molecule has 1 rings (SSSR count). The van der Waals surface area contributed by atoms with Gasteiger partial charge in [-0.2, -0.15) is 11.8 Å². The van der Waals surface area contributed by atoms with Crippen LogP contribution in [0.25, 0.3) is 0 Å². The van der Waals surface area contributed by atoms with Crippen molar-refractivity contribution < 1.29 is 15.0 Å². The zero-order chi connectivity index (χ0) is 15.0. The molecule has 0 aliphatic rings. The van der Waals surface area contributed by atoms with Crippen molar-refractivity contribution in [1.29, 1.82) is 0 Å². The molecule has 0 radical (unpaired) electrons. The van der Waals surface area contributed by atoms with Crippen LogP contribution in [-0.4, -0.2) is 40.3 Å². The third-order valence-corrected chi connectivity index (χ3v) is 3.93. The first-order chi connectivity index (χ1) is 9.52. The molecule has 7 heteroatoms. The number of nitrogens with one attached hydrogen (secondary N) is 1. The van der Waals surface area contributed by atoms with Crippen LogP contribution in [0.2, 0.25) is 5.02 Å². The minimum Gasteiger partial charge on any atom is -0.397 e. The Morgan fingerprint density at radius 3 is 2.90 bits per heavy atom. The molecule has 5 nitrogen and oxygen atoms in total. The number of hydrogen-bond acceptors (Lipinski definition) is 5. The number of hydrogen-bond donors (Lipinski definition) is 4. The molecular weight excluding hydrogens is 300 g/mol. The van der Waals surface area contributed by atoms with Gasteiger partial charge in [-0.3, -0.25) is 4.79 Å². The van der Waals surface area contributed by atoms with Crippen LogP contribution in [0.1, 0.15) is 12.8 Å². The summed E-state index contributed by atoms with van der Waals surface area (Å²) in [6.07, 6.45) is 0.384. The van der Waals surface area contributed by atoms with Crippen molar-refractivity contribution in [3.8, 4) is 0 Å². The van der Waals surface area contributed by atoms with E-state index in [-0.39, 0.29) is 12.5 Å². The second kappa shape index (κ2) is 9.07. The molecule has 0 saturated carbocycles. The highest BCUT2D eigenvalue weighted by molar-refractivity contribution is 7.99. The lowest BCUT2D eigenvalue weighted by molar-refractivity contribution is -0.116. The van der Waals surface area contributed by atoms with Crippen LogP contribution in [0.3, 0.4) is 0 Å². The first-order valence-corrected chi connectivity index (χ1v) is 7.77. The summed E-state index contributed by atoms with van der Waals surface area (Å²) in [4.78, 5) is 11.7. The van der Waals surface area contributed by atoms with E-state index in [1.165, 1.54) is 11.8 Å². The number of thioether (sulfide) groups is 1. The maximum atomic E-state index is 11.7. The summed E-state index contributed by atoms with van der Waals surface area (Å²) in [5.74, 6) is 1.12. The van der Waals surface area contributed by atoms with Crippen molar-refractivity contribution >= 4 is 40.6 Å². The lowest BCUT2D eigenvalue weighted by atomic mass is 10.2. The number of carbonyl (C=O) groups excluding carboxylic acids is 1. The molecule has 112 valence electrons. The molecule has 20 heavy (non-hydrogen) atoms. The fourth-order valence-electron chi connectivity index (χ4n) is 1.47. The largest absolute Gasteiger partial charge is 0.397 e. The molecule has 0 spiro atoms. The molecule has 1 aromatic rings. The van der Waals surface area contributed by atoms with Gasteiger partial charge in [-0.15, -0.1) is 0 Å². The predicted molar refractivity (Wildman–Crippen MR) is 84.1 cm³/mol. The first-order valence-electron chi connectivity index (χ1n) is 6.24. The minimum atomic E-state index is -0.692. The van der Waals surface area contributed by atoms with Gasteiger partial charge in [-0.1, -0.05) is 11.6 Å². The third kappa shape index (κ3) is 6.47. The summed E-state index contributed by atoms with van der Waals surface area (Å²) in [5, 5.41) is 21.0. The minimum absolute atomic E-state index is 0.109. The maximum Gasteiger partial charge on any atom is 0.224 e. The van der Waals surface area contributed by atoms with Gasteiger partial charge in [-0.25, -0.2) is 0 Å². The lowest BCUT2D eigenvalue weighted by Gasteiger charge is -2.09. The van der Waals surface area contributed by atoms with E-state index in [0.717, 1.165) is 5.75 Å². The zero-order valence-electron chi connectivity index (χ0n) is 11.0. The Morgan fingerprint density at radius 2 is 2.25 bits per heavy atom. The average Bonchev–Trinajstić information content (AvgIpc) is 2.41. The van der Waals surface area contributed by atoms with Crippen molar-refractivity contribution in [1.82, 2.24) is 0 Å². The second-order valence-electron chi connectivity index (χ2n) is 4.29. The number of halogens is 1. The molecule has 5 N–H and O–H groups in total. The topological polar surface area (TPSA) is 95.6 Å². The molecular formula is C13H19ClN2O3S. The highest BCUT2D eigenvalue weighted by Gasteiger charge is 2.06. The highest BCUT2D eigenvalue weighted by atomic mass is 35.5. The van der Waals surface area contributed by atoms with E-state index in [1.807, 2.05) is 0 Å². The van der Waals surface area contributed by atoms with Crippen LogP contribution in [0.4, 0.5) is 11.4 Å². The van der Waals surface area contributed by atoms with E-state index in [0.29, 0.717) is 35.0 Å². The summed E-state index contributed by atoms with van der Waals surface area (Å²) in [6.45, 7) is -0.233. The van der Waals surface area contributed by atoms with Gasteiger partial charge in [0, 0.05) is 17.2 Å². The summed E-state index contributed by atoms with van der Waals surface area (Å²) < 4.78 is 0. The Morgan fingerprint density at radius 1 is 1.50 bits per heavy atom. The van der Waals surface area contributed by atoms with Crippen LogP contribution < -0.4 is 11.1 Å². The molecule has 0 aromatic heterocycles. The highest BCUT2D eigenvalue weighted by Crippen LogP contribution is 2.22. The van der Waals surface area contributed by atoms with E-state index in [2.05, 4.69) is 5.32 Å². The molecule has 0 fully saturated rings. The Bertz CT molecular complexity index is 446. The van der Waals surface area contributed by atoms with Crippen LogP contribution in [-0.2, 0) is 4.79 Å². The molecule has 1 aromatic carbocycles. The number of aliphatic hydroxyl groups is 2. The van der Waals surface area contributed by atoms with E-state index in [1.54, 1.807) is 18.2 Å². The van der Waals surface area contributed by atoms with Gasteiger partial charge < -0.3 is 21.3 Å². The summed E-state index contributed by atoms with van der Waals surface area (Å²) >= 11 is 7.28. The Kier molecular flexibility index (Phi) is 7.76. The van der Waals surface area contributed by atoms with Crippen LogP contribution in [0.5, 0.6) is 0 Å². The number of aliphatic hydroxyl groups excluding tert-OH is 2. The van der Waals surface area contributed by atoms with Gasteiger partial charge in [0.25, 0.3) is 0 Å². The smallest absolute Gasteiger partial charge is 0.224 e. The second-order valence-corrected chi connectivity index (χ2v) is 5.88. The quantitative estimate of drug-likeness (QED) is 0.432. The van der Waals surface area contributed by atoms with E-state index in [9.17, 15) is 4.79 Å². The normalized spacial score (nSPS) is 12.2. The average molecular weight is 319 g/mol. The Hall–Kier alpha value is -0.950. The van der Waals surface area contributed by atoms with Gasteiger partial charge >= 0.3 is 0 Å². The molecule has 1 atom stereocenters. The van der Waals surface area contributed by atoms with Crippen LogP contribution >= 0.6 is 23.4 Å². The van der Waals surface area contributed by atoms with E-state index < -0.39 is 6.10 Å². The Labute approximate surface area is 127 Å². The zero-order valence-corrected chi connectivity index (χ0v) is 12.6. The van der Waals surface area contributed by atoms with Crippen molar-refractivity contribution in [2.24, 2.45) is 0 Å². The number of carbonyl (C=O) groups is 1. The van der Waals surface area contributed by atoms with Gasteiger partial charge in [0.15, 0.2) is 0 Å². The van der Waals surface area contributed by atoms with Gasteiger partial charge in [0.05, 0.1) is 24.1 Å². The molecule has 0 aliphatic carbocycles. The van der Waals surface area contributed by atoms with Gasteiger partial charge in [0.1, 0.15) is 0 Å². The monoisotopic (exact) mass is 318 g/mol. The van der Waals surface area contributed by atoms with Gasteiger partial charge in [0.2, 0.25) is 5.91 Å². The fourth-order valence-corrected chi connectivity index (χ4v) is 2.54. The number of anilines is 2. The SMILES string of the molecule is Nc1cc(Cl)ccc1NC(=O)CCCSCC(O)CO. The van der Waals surface area contributed by atoms with E-state index >= 15 is 0 Å². The van der Waals surface area contributed by atoms with Crippen molar-refractivity contribution in [2.45, 2.75) is 18.9 Å². The maximum absolute atomic E-state index is 11.7. The number of nitrogens with two attached hydrogens (primary N) is 1. The summed E-state index contributed by atoms with van der Waals surface area (Å²) in [7, 11) is 0. The number of rotatable bonds is 8. The van der Waals surface area contributed by atoms with E-state index in [4.69, 9.17) is 27.5 Å². The molecule has 1 unspecified atom stereocenters. The van der Waals surface area contributed by atoms with Crippen LogP contribution in [0.15, 0.2) is 18.2 Å². The summed E-state index contributed by atoms with van der Waals surface area (Å²) in [5.41, 5.74) is 6.73. The van der Waals surface area contributed by atoms with Gasteiger partial charge in [-0.05, 0) is 30.4 Å². The predicted octanol–water partition coefficient (Wildman–Crippen LogP) is 1.73. The molecule has 0 heterocycles. The number of benzene rings is 1. The summed E-state index contributed by atoms with van der Waals surface area (Å²) in [6, 6.07) is 4.92. The Balaban J connectivity index is 2.23. The molecule has 1 amide bonds. The number of nitrogen functional groups attached to an aromatic ring is 1. The first kappa shape index (κ1) is 17.1. The molecule has 0 saturated heterocycles. The lowest BCUT2D eigenvalue weighted by Crippen LogP contribution is -2.15. The van der Waals surface area contributed by atoms with Crippen LogP contribution in [0, 0.1) is 0 Å². The molecule has 0 bridgehead atoms. The fraction of sp³-hybridized carbons (Fsp3) is 0.462. The van der Waals surface area contributed by atoms with Crippen molar-refractivity contribution in [3.05, 3.63) is 23.2 Å². The third-order valence-electron chi connectivity index (χ3n) is 2.50.